The molecule has 1 amide bonds. The largest absolute Gasteiger partial charge is 0.395 e. The smallest absolute Gasteiger partial charge is 0.230 e. The van der Waals surface area contributed by atoms with Gasteiger partial charge in [0.1, 0.15) is 0 Å². The fraction of sp³-hybridized carbons (Fsp3) is 0.889. The second-order valence-corrected chi connectivity index (χ2v) is 5.53. The zero-order valence-electron chi connectivity index (χ0n) is 8.76. The van der Waals surface area contributed by atoms with Crippen LogP contribution in [0.4, 0.5) is 0 Å². The minimum atomic E-state index is -0.167. The molecule has 3 nitrogen and oxygen atoms in total. The van der Waals surface area contributed by atoms with Crippen molar-refractivity contribution in [1.82, 2.24) is 5.32 Å². The normalized spacial score (nSPS) is 13.9. The zero-order chi connectivity index (χ0) is 10.5. The Kier molecular flexibility index (Phi) is 5.40. The van der Waals surface area contributed by atoms with Gasteiger partial charge in [0.15, 0.2) is 0 Å². The van der Waals surface area contributed by atoms with Gasteiger partial charge in [0.25, 0.3) is 0 Å². The van der Waals surface area contributed by atoms with E-state index in [1.807, 2.05) is 27.7 Å². The number of hydrogen-bond donors (Lipinski definition) is 2. The molecule has 0 saturated carbocycles. The molecule has 0 aliphatic heterocycles. The van der Waals surface area contributed by atoms with E-state index in [1.54, 1.807) is 0 Å². The van der Waals surface area contributed by atoms with Gasteiger partial charge in [0.2, 0.25) is 5.91 Å². The van der Waals surface area contributed by atoms with Gasteiger partial charge >= 0.3 is 0 Å². The monoisotopic (exact) mass is 205 g/mol. The van der Waals surface area contributed by atoms with Crippen LogP contribution in [0.3, 0.4) is 0 Å². The summed E-state index contributed by atoms with van der Waals surface area (Å²) in [5.41, 5.74) is -0.167. The zero-order valence-corrected chi connectivity index (χ0v) is 9.57. The van der Waals surface area contributed by atoms with E-state index in [-0.39, 0.29) is 23.3 Å². The molecule has 0 aromatic heterocycles. The third-order valence-electron chi connectivity index (χ3n) is 1.27. The first-order valence-electron chi connectivity index (χ1n) is 4.38. The number of rotatable bonds is 4. The first-order chi connectivity index (χ1) is 5.85. The van der Waals surface area contributed by atoms with Crippen LogP contribution in [0.5, 0.6) is 0 Å². The van der Waals surface area contributed by atoms with E-state index in [9.17, 15) is 4.79 Å². The highest BCUT2D eigenvalue weighted by Gasteiger charge is 2.14. The third kappa shape index (κ3) is 8.12. The van der Waals surface area contributed by atoms with Crippen LogP contribution in [0.15, 0.2) is 0 Å². The van der Waals surface area contributed by atoms with Crippen molar-refractivity contribution in [1.29, 1.82) is 0 Å². The number of nitrogens with one attached hydrogen (secondary N) is 1. The molecule has 0 spiro atoms. The molecule has 0 heterocycles. The number of amides is 1. The highest BCUT2D eigenvalue weighted by molar-refractivity contribution is 8.00. The molecule has 2 N–H and O–H groups in total. The van der Waals surface area contributed by atoms with E-state index >= 15 is 0 Å². The van der Waals surface area contributed by atoms with Crippen molar-refractivity contribution in [3.05, 3.63) is 0 Å². The minimum absolute atomic E-state index is 0.0257. The Morgan fingerprint density at radius 3 is 2.46 bits per heavy atom. The first kappa shape index (κ1) is 12.8. The van der Waals surface area contributed by atoms with Gasteiger partial charge < -0.3 is 10.4 Å². The molecular formula is C9H19NO2S. The van der Waals surface area contributed by atoms with Gasteiger partial charge in [0.05, 0.1) is 12.4 Å². The van der Waals surface area contributed by atoms with Crippen LogP contribution in [0, 0.1) is 0 Å². The fourth-order valence-corrected chi connectivity index (χ4v) is 1.34. The molecule has 0 aromatic carbocycles. The molecule has 0 bridgehead atoms. The van der Waals surface area contributed by atoms with Crippen molar-refractivity contribution in [3.63, 3.8) is 0 Å². The molecule has 0 aliphatic rings. The Balaban J connectivity index is 3.64. The Morgan fingerprint density at radius 1 is 1.54 bits per heavy atom. The van der Waals surface area contributed by atoms with Crippen molar-refractivity contribution in [2.75, 3.05) is 12.4 Å². The molecule has 13 heavy (non-hydrogen) atoms. The van der Waals surface area contributed by atoms with Gasteiger partial charge in [-0.05, 0) is 20.8 Å². The van der Waals surface area contributed by atoms with E-state index in [1.165, 1.54) is 11.8 Å². The molecule has 1 unspecified atom stereocenters. The number of hydrogen-bond acceptors (Lipinski definition) is 3. The first-order valence-corrected chi connectivity index (χ1v) is 5.43. The summed E-state index contributed by atoms with van der Waals surface area (Å²) in [4.78, 5) is 11.3. The topological polar surface area (TPSA) is 49.3 Å². The number of aliphatic hydroxyl groups excluding tert-OH is 1. The Bertz CT molecular complexity index is 165. The van der Waals surface area contributed by atoms with Crippen LogP contribution >= 0.6 is 11.8 Å². The lowest BCUT2D eigenvalue weighted by atomic mass is 10.1. The van der Waals surface area contributed by atoms with Crippen LogP contribution in [0.25, 0.3) is 0 Å². The van der Waals surface area contributed by atoms with E-state index < -0.39 is 0 Å². The number of carbonyl (C=O) groups is 1. The summed E-state index contributed by atoms with van der Waals surface area (Å²) in [6.45, 7) is 7.86. The van der Waals surface area contributed by atoms with Crippen molar-refractivity contribution >= 4 is 17.7 Å². The molecule has 1 atom stereocenters. The van der Waals surface area contributed by atoms with Gasteiger partial charge in [-0.15, -0.1) is 11.8 Å². The highest BCUT2D eigenvalue weighted by Crippen LogP contribution is 2.09. The molecule has 4 heteroatoms. The van der Waals surface area contributed by atoms with Gasteiger partial charge in [-0.3, -0.25) is 4.79 Å². The molecular weight excluding hydrogens is 186 g/mol. The average molecular weight is 205 g/mol. The quantitative estimate of drug-likeness (QED) is 0.720. The van der Waals surface area contributed by atoms with Crippen LogP contribution in [-0.2, 0) is 4.79 Å². The summed E-state index contributed by atoms with van der Waals surface area (Å²) in [5, 5.41) is 11.7. The molecule has 0 aromatic rings. The predicted octanol–water partition coefficient (Wildman–Crippen LogP) is 1.02. The van der Waals surface area contributed by atoms with Crippen molar-refractivity contribution in [2.24, 2.45) is 0 Å². The lowest BCUT2D eigenvalue weighted by Gasteiger charge is -2.20. The standard InChI is InChI=1S/C9H19NO2S/c1-7(5-11)13-6-8(12)10-9(2,3)4/h7,11H,5-6H2,1-4H3,(H,10,12). The summed E-state index contributed by atoms with van der Waals surface area (Å²) in [7, 11) is 0. The summed E-state index contributed by atoms with van der Waals surface area (Å²) >= 11 is 1.46. The summed E-state index contributed by atoms with van der Waals surface area (Å²) in [5.74, 6) is 0.441. The third-order valence-corrected chi connectivity index (χ3v) is 2.42. The van der Waals surface area contributed by atoms with Crippen molar-refractivity contribution in [3.8, 4) is 0 Å². The Morgan fingerprint density at radius 2 is 2.08 bits per heavy atom. The van der Waals surface area contributed by atoms with Crippen LogP contribution in [0.2, 0.25) is 0 Å². The maximum absolute atomic E-state index is 11.3. The van der Waals surface area contributed by atoms with E-state index in [2.05, 4.69) is 5.32 Å². The summed E-state index contributed by atoms with van der Waals surface area (Å²) in [6, 6.07) is 0. The lowest BCUT2D eigenvalue weighted by Crippen LogP contribution is -2.41. The highest BCUT2D eigenvalue weighted by atomic mass is 32.2. The maximum atomic E-state index is 11.3. The summed E-state index contributed by atoms with van der Waals surface area (Å²) < 4.78 is 0. The SMILES string of the molecule is CC(CO)SCC(=O)NC(C)(C)C. The molecule has 0 fully saturated rings. The molecule has 78 valence electrons. The second-order valence-electron chi connectivity index (χ2n) is 4.10. The van der Waals surface area contributed by atoms with E-state index in [4.69, 9.17) is 5.11 Å². The van der Waals surface area contributed by atoms with Gasteiger partial charge in [0, 0.05) is 10.8 Å². The Hall–Kier alpha value is -0.220. The van der Waals surface area contributed by atoms with Crippen LogP contribution in [-0.4, -0.2) is 34.2 Å². The van der Waals surface area contributed by atoms with Crippen molar-refractivity contribution < 1.29 is 9.90 Å². The average Bonchev–Trinajstić information content (AvgIpc) is 1.97. The number of aliphatic hydroxyl groups is 1. The van der Waals surface area contributed by atoms with Gasteiger partial charge in [-0.1, -0.05) is 6.92 Å². The molecule has 0 radical (unpaired) electrons. The van der Waals surface area contributed by atoms with Crippen LogP contribution in [0.1, 0.15) is 27.7 Å². The number of thioether (sulfide) groups is 1. The Labute approximate surface area is 84.3 Å². The van der Waals surface area contributed by atoms with Gasteiger partial charge in [-0.25, -0.2) is 0 Å². The second kappa shape index (κ2) is 5.50. The van der Waals surface area contributed by atoms with E-state index in [0.29, 0.717) is 5.75 Å². The minimum Gasteiger partial charge on any atom is -0.395 e. The lowest BCUT2D eigenvalue weighted by molar-refractivity contribution is -0.119. The molecule has 0 saturated heterocycles. The van der Waals surface area contributed by atoms with Crippen LogP contribution < -0.4 is 5.32 Å². The van der Waals surface area contributed by atoms with Crippen molar-refractivity contribution in [2.45, 2.75) is 38.5 Å². The maximum Gasteiger partial charge on any atom is 0.230 e. The predicted molar refractivity (Wildman–Crippen MR) is 56.9 cm³/mol. The molecule has 0 aliphatic carbocycles. The van der Waals surface area contributed by atoms with Gasteiger partial charge in [-0.2, -0.15) is 0 Å². The molecule has 0 rings (SSSR count). The summed E-state index contributed by atoms with van der Waals surface area (Å²) in [6.07, 6.45) is 0. The number of carbonyl (C=O) groups excluding carboxylic acids is 1. The fourth-order valence-electron chi connectivity index (χ4n) is 0.725. The van der Waals surface area contributed by atoms with E-state index in [0.717, 1.165) is 0 Å².